The van der Waals surface area contributed by atoms with Crippen LogP contribution in [0.15, 0.2) is 29.1 Å². The van der Waals surface area contributed by atoms with E-state index in [2.05, 4.69) is 27.5 Å². The summed E-state index contributed by atoms with van der Waals surface area (Å²) in [6.07, 6.45) is 3.67. The fraction of sp³-hybridized carbons (Fsp3) is 0.480. The Morgan fingerprint density at radius 3 is 2.71 bits per heavy atom. The SMILES string of the molecule is CCCCOC(=O)c1ccc(NC(=O)[C@H]2CC(=O)Nc3nc(N4CCC[C@H](C)C4)[nH]c(=O)c32)cc1. The second-order valence-electron chi connectivity index (χ2n) is 9.21. The molecule has 2 atom stereocenters. The van der Waals surface area contributed by atoms with Crippen molar-refractivity contribution in [2.75, 3.05) is 35.2 Å². The molecule has 3 N–H and O–H groups in total. The van der Waals surface area contributed by atoms with Crippen LogP contribution in [0, 0.1) is 5.92 Å². The zero-order valence-corrected chi connectivity index (χ0v) is 20.1. The maximum atomic E-state index is 13.1. The highest BCUT2D eigenvalue weighted by molar-refractivity contribution is 6.04. The number of aromatic nitrogens is 2. The molecule has 2 aromatic rings. The zero-order valence-electron chi connectivity index (χ0n) is 20.1. The number of carbonyl (C=O) groups is 3. The minimum Gasteiger partial charge on any atom is -0.462 e. The van der Waals surface area contributed by atoms with Gasteiger partial charge in [-0.3, -0.25) is 19.4 Å². The van der Waals surface area contributed by atoms with Crippen LogP contribution < -0.4 is 21.1 Å². The van der Waals surface area contributed by atoms with Crippen LogP contribution in [0.2, 0.25) is 0 Å². The van der Waals surface area contributed by atoms with E-state index in [0.717, 1.165) is 38.8 Å². The van der Waals surface area contributed by atoms with E-state index in [1.54, 1.807) is 24.3 Å². The van der Waals surface area contributed by atoms with Gasteiger partial charge in [-0.25, -0.2) is 4.79 Å². The largest absolute Gasteiger partial charge is 0.462 e. The van der Waals surface area contributed by atoms with Crippen molar-refractivity contribution in [3.63, 3.8) is 0 Å². The standard InChI is InChI=1S/C25H31N5O5/c1-3-4-12-35-24(34)16-7-9-17(10-8-16)26-22(32)18-13-19(31)27-21-20(18)23(33)29-25(28-21)30-11-5-6-15(2)14-30/h7-10,15,18H,3-6,11-14H2,1-2H3,(H,26,32)(H2,27,28,29,31,33)/t15-,18-/m0/s1. The Kier molecular flexibility index (Phi) is 7.48. The summed E-state index contributed by atoms with van der Waals surface area (Å²) in [7, 11) is 0. The molecule has 0 saturated carbocycles. The van der Waals surface area contributed by atoms with Gasteiger partial charge in [0.1, 0.15) is 5.82 Å². The molecule has 0 bridgehead atoms. The van der Waals surface area contributed by atoms with Crippen LogP contribution in [-0.4, -0.2) is 47.4 Å². The number of rotatable bonds is 7. The van der Waals surface area contributed by atoms with Gasteiger partial charge >= 0.3 is 5.97 Å². The third-order valence-electron chi connectivity index (χ3n) is 6.33. The lowest BCUT2D eigenvalue weighted by Crippen LogP contribution is -2.40. The van der Waals surface area contributed by atoms with Gasteiger partial charge in [-0.1, -0.05) is 20.3 Å². The number of carbonyl (C=O) groups excluding carboxylic acids is 3. The molecule has 1 aromatic heterocycles. The Bertz CT molecular complexity index is 1160. The minimum absolute atomic E-state index is 0.128. The highest BCUT2D eigenvalue weighted by Crippen LogP contribution is 2.31. The number of piperidine rings is 1. The molecule has 2 aliphatic heterocycles. The van der Waals surface area contributed by atoms with Crippen molar-refractivity contribution in [2.24, 2.45) is 5.92 Å². The molecule has 0 unspecified atom stereocenters. The molecule has 1 saturated heterocycles. The maximum absolute atomic E-state index is 13.1. The molecule has 2 amide bonds. The van der Waals surface area contributed by atoms with E-state index >= 15 is 0 Å². The van der Waals surface area contributed by atoms with Gasteiger partial charge in [-0.05, 0) is 49.4 Å². The molecule has 3 heterocycles. The predicted molar refractivity (Wildman–Crippen MR) is 132 cm³/mol. The fourth-order valence-electron chi connectivity index (χ4n) is 4.43. The number of esters is 1. The smallest absolute Gasteiger partial charge is 0.338 e. The van der Waals surface area contributed by atoms with Crippen molar-refractivity contribution in [3.8, 4) is 0 Å². The molecule has 0 radical (unpaired) electrons. The lowest BCUT2D eigenvalue weighted by Gasteiger charge is -2.32. The van der Waals surface area contributed by atoms with E-state index in [1.807, 2.05) is 11.8 Å². The van der Waals surface area contributed by atoms with Gasteiger partial charge in [-0.2, -0.15) is 4.98 Å². The van der Waals surface area contributed by atoms with Crippen LogP contribution in [0.3, 0.4) is 0 Å². The minimum atomic E-state index is -0.983. The van der Waals surface area contributed by atoms with Crippen molar-refractivity contribution >= 4 is 35.2 Å². The van der Waals surface area contributed by atoms with Gasteiger partial charge in [-0.15, -0.1) is 0 Å². The predicted octanol–water partition coefficient (Wildman–Crippen LogP) is 3.03. The molecule has 4 rings (SSSR count). The monoisotopic (exact) mass is 481 g/mol. The lowest BCUT2D eigenvalue weighted by molar-refractivity contribution is -0.123. The average Bonchev–Trinajstić information content (AvgIpc) is 2.83. The molecule has 2 aliphatic rings. The van der Waals surface area contributed by atoms with Crippen molar-refractivity contribution in [2.45, 2.75) is 51.9 Å². The summed E-state index contributed by atoms with van der Waals surface area (Å²) in [5, 5.41) is 5.39. The number of aromatic amines is 1. The van der Waals surface area contributed by atoms with Gasteiger partial charge in [0.2, 0.25) is 17.8 Å². The fourth-order valence-corrected chi connectivity index (χ4v) is 4.43. The summed E-state index contributed by atoms with van der Waals surface area (Å²) >= 11 is 0. The Morgan fingerprint density at radius 1 is 1.23 bits per heavy atom. The Labute approximate surface area is 203 Å². The number of H-pyrrole nitrogens is 1. The zero-order chi connectivity index (χ0) is 24.9. The van der Waals surface area contributed by atoms with Crippen LogP contribution in [-0.2, 0) is 14.3 Å². The number of anilines is 3. The molecule has 10 heteroatoms. The van der Waals surface area contributed by atoms with Gasteiger partial charge in [0.15, 0.2) is 0 Å². The van der Waals surface area contributed by atoms with Crippen molar-refractivity contribution < 1.29 is 19.1 Å². The number of unbranched alkanes of at least 4 members (excludes halogenated alkanes) is 1. The number of hydrogen-bond acceptors (Lipinski definition) is 7. The highest BCUT2D eigenvalue weighted by Gasteiger charge is 2.35. The summed E-state index contributed by atoms with van der Waals surface area (Å²) < 4.78 is 5.19. The Hall–Kier alpha value is -3.69. The quantitative estimate of drug-likeness (QED) is 0.409. The van der Waals surface area contributed by atoms with Crippen LogP contribution >= 0.6 is 0 Å². The number of hydrogen-bond donors (Lipinski definition) is 3. The normalized spacial score (nSPS) is 19.5. The number of fused-ring (bicyclic) bond motifs is 1. The molecular weight excluding hydrogens is 450 g/mol. The van der Waals surface area contributed by atoms with Crippen molar-refractivity contribution in [3.05, 3.63) is 45.7 Å². The number of amides is 2. The number of benzene rings is 1. The maximum Gasteiger partial charge on any atom is 0.338 e. The first-order valence-corrected chi connectivity index (χ1v) is 12.1. The molecule has 10 nitrogen and oxygen atoms in total. The van der Waals surface area contributed by atoms with E-state index in [0.29, 0.717) is 29.7 Å². The first-order chi connectivity index (χ1) is 16.9. The number of nitrogens with one attached hydrogen (secondary N) is 3. The van der Waals surface area contributed by atoms with Crippen LogP contribution in [0.4, 0.5) is 17.5 Å². The number of ether oxygens (including phenoxy) is 1. The third kappa shape index (κ3) is 5.70. The summed E-state index contributed by atoms with van der Waals surface area (Å²) in [6.45, 7) is 6.05. The number of nitrogens with zero attached hydrogens (tertiary/aromatic N) is 2. The van der Waals surface area contributed by atoms with E-state index in [9.17, 15) is 19.2 Å². The molecule has 1 fully saturated rings. The van der Waals surface area contributed by atoms with Gasteiger partial charge < -0.3 is 20.3 Å². The second kappa shape index (κ2) is 10.7. The van der Waals surface area contributed by atoms with Gasteiger partial charge in [0, 0.05) is 25.2 Å². The lowest BCUT2D eigenvalue weighted by atomic mass is 9.92. The van der Waals surface area contributed by atoms with Crippen molar-refractivity contribution in [1.29, 1.82) is 0 Å². The molecular formula is C25H31N5O5. The van der Waals surface area contributed by atoms with Crippen LogP contribution in [0.25, 0.3) is 0 Å². The highest BCUT2D eigenvalue weighted by atomic mass is 16.5. The summed E-state index contributed by atoms with van der Waals surface area (Å²) in [5.74, 6) is -1.27. The Morgan fingerprint density at radius 2 is 2.00 bits per heavy atom. The molecule has 0 aliphatic carbocycles. The summed E-state index contributed by atoms with van der Waals surface area (Å²) in [6, 6.07) is 6.29. The van der Waals surface area contributed by atoms with Gasteiger partial charge in [0.05, 0.1) is 23.7 Å². The van der Waals surface area contributed by atoms with E-state index in [1.165, 1.54) is 0 Å². The molecule has 35 heavy (non-hydrogen) atoms. The Balaban J connectivity index is 1.50. The average molecular weight is 482 g/mol. The van der Waals surface area contributed by atoms with Gasteiger partial charge in [0.25, 0.3) is 5.56 Å². The summed E-state index contributed by atoms with van der Waals surface area (Å²) in [4.78, 5) is 59.8. The van der Waals surface area contributed by atoms with Crippen molar-refractivity contribution in [1.82, 2.24) is 9.97 Å². The molecule has 0 spiro atoms. The van der Waals surface area contributed by atoms with Crippen LogP contribution in [0.1, 0.15) is 67.8 Å². The van der Waals surface area contributed by atoms with E-state index in [-0.39, 0.29) is 23.7 Å². The van der Waals surface area contributed by atoms with E-state index in [4.69, 9.17) is 4.74 Å². The third-order valence-corrected chi connectivity index (χ3v) is 6.33. The first-order valence-electron chi connectivity index (χ1n) is 12.1. The van der Waals surface area contributed by atoms with Crippen LogP contribution in [0.5, 0.6) is 0 Å². The topological polar surface area (TPSA) is 133 Å². The molecule has 186 valence electrons. The summed E-state index contributed by atoms with van der Waals surface area (Å²) in [5.41, 5.74) is 0.526. The molecule has 1 aromatic carbocycles. The second-order valence-corrected chi connectivity index (χ2v) is 9.21. The first kappa shape index (κ1) is 24.4. The van der Waals surface area contributed by atoms with E-state index < -0.39 is 23.4 Å².